The smallest absolute Gasteiger partial charge is 0.265 e. The van der Waals surface area contributed by atoms with Gasteiger partial charge in [-0.3, -0.25) is 14.0 Å². The van der Waals surface area contributed by atoms with Crippen LogP contribution in [0.15, 0.2) is 71.7 Å². The minimum absolute atomic E-state index is 0.127. The molecule has 1 atom stereocenters. The summed E-state index contributed by atoms with van der Waals surface area (Å²) in [5, 5.41) is 2.82. The normalized spacial score (nSPS) is 11.8. The van der Waals surface area contributed by atoms with E-state index in [-0.39, 0.29) is 18.1 Å². The highest BCUT2D eigenvalue weighted by Crippen LogP contribution is 2.19. The summed E-state index contributed by atoms with van der Waals surface area (Å²) >= 11 is 1.46. The Bertz CT molecular complexity index is 1250. The van der Waals surface area contributed by atoms with Gasteiger partial charge >= 0.3 is 0 Å². The second kappa shape index (κ2) is 9.01. The average Bonchev–Trinajstić information content (AvgIpc) is 3.15. The molecule has 0 fully saturated rings. The summed E-state index contributed by atoms with van der Waals surface area (Å²) in [6.07, 6.45) is 1.14. The van der Waals surface area contributed by atoms with E-state index < -0.39 is 6.10 Å². The number of aromatic nitrogens is 2. The molecule has 2 aromatic carbocycles. The molecule has 1 N–H and O–H groups in total. The van der Waals surface area contributed by atoms with Gasteiger partial charge in [0.25, 0.3) is 11.5 Å². The lowest BCUT2D eigenvalue weighted by Gasteiger charge is -2.15. The van der Waals surface area contributed by atoms with Crippen molar-refractivity contribution in [2.45, 2.75) is 26.6 Å². The standard InChI is InChI=1S/C23H21N3O4S/c1-15-13-26-21(27)12-18(25-23(26)31-15)14-29-19-10-8-17(9-11-19)24-22(28)16(2)30-20-6-4-3-5-7-20/h3-13,16H,14H2,1-2H3,(H,24,28)/t16-/m1/s1. The van der Waals surface area contributed by atoms with Gasteiger partial charge in [0, 0.05) is 22.8 Å². The molecule has 7 nitrogen and oxygen atoms in total. The van der Waals surface area contributed by atoms with Gasteiger partial charge in [-0.15, -0.1) is 11.3 Å². The second-order valence-electron chi connectivity index (χ2n) is 6.96. The number of nitrogens with zero attached hydrogens (tertiary/aromatic N) is 2. The van der Waals surface area contributed by atoms with Crippen LogP contribution in [0.5, 0.6) is 11.5 Å². The number of benzene rings is 2. The first-order valence-electron chi connectivity index (χ1n) is 9.72. The number of anilines is 1. The van der Waals surface area contributed by atoms with E-state index >= 15 is 0 Å². The minimum atomic E-state index is -0.639. The molecule has 0 saturated carbocycles. The Kier molecular flexibility index (Phi) is 5.99. The van der Waals surface area contributed by atoms with Crippen molar-refractivity contribution in [1.82, 2.24) is 9.38 Å². The maximum absolute atomic E-state index is 12.3. The number of carbonyl (C=O) groups is 1. The molecular weight excluding hydrogens is 414 g/mol. The lowest BCUT2D eigenvalue weighted by atomic mass is 10.2. The zero-order valence-electron chi connectivity index (χ0n) is 17.1. The monoisotopic (exact) mass is 435 g/mol. The SMILES string of the molecule is Cc1cn2c(=O)cc(COc3ccc(NC(=O)[C@@H](C)Oc4ccccc4)cc3)nc2s1. The molecule has 0 unspecified atom stereocenters. The summed E-state index contributed by atoms with van der Waals surface area (Å²) in [4.78, 5) is 30.6. The van der Waals surface area contributed by atoms with Crippen LogP contribution in [0.3, 0.4) is 0 Å². The molecule has 158 valence electrons. The number of para-hydroxylation sites is 1. The molecule has 4 rings (SSSR count). The maximum atomic E-state index is 12.3. The Morgan fingerprint density at radius 2 is 1.87 bits per heavy atom. The molecule has 0 aliphatic carbocycles. The van der Waals surface area contributed by atoms with Crippen LogP contribution in [0, 0.1) is 6.92 Å². The van der Waals surface area contributed by atoms with Gasteiger partial charge in [0.15, 0.2) is 11.1 Å². The molecule has 2 heterocycles. The van der Waals surface area contributed by atoms with Crippen LogP contribution in [0.1, 0.15) is 17.5 Å². The van der Waals surface area contributed by atoms with E-state index in [4.69, 9.17) is 9.47 Å². The summed E-state index contributed by atoms with van der Waals surface area (Å²) in [5.41, 5.74) is 1.07. The Morgan fingerprint density at radius 1 is 1.13 bits per heavy atom. The van der Waals surface area contributed by atoms with Gasteiger partial charge in [-0.05, 0) is 50.2 Å². The van der Waals surface area contributed by atoms with Crippen molar-refractivity contribution < 1.29 is 14.3 Å². The molecule has 2 aromatic heterocycles. The number of aryl methyl sites for hydroxylation is 1. The summed E-state index contributed by atoms with van der Waals surface area (Å²) in [6.45, 7) is 3.81. The molecule has 0 radical (unpaired) electrons. The van der Waals surface area contributed by atoms with Crippen LogP contribution in [-0.4, -0.2) is 21.4 Å². The first kappa shape index (κ1) is 20.6. The molecule has 8 heteroatoms. The van der Waals surface area contributed by atoms with Gasteiger partial charge < -0.3 is 14.8 Å². The first-order chi connectivity index (χ1) is 15.0. The Morgan fingerprint density at radius 3 is 2.61 bits per heavy atom. The highest BCUT2D eigenvalue weighted by atomic mass is 32.1. The summed E-state index contributed by atoms with van der Waals surface area (Å²) in [6, 6.07) is 17.7. The zero-order chi connectivity index (χ0) is 21.8. The van der Waals surface area contributed by atoms with Crippen molar-refractivity contribution in [2.75, 3.05) is 5.32 Å². The van der Waals surface area contributed by atoms with Crippen molar-refractivity contribution in [2.24, 2.45) is 0 Å². The molecule has 1 amide bonds. The van der Waals surface area contributed by atoms with E-state index in [1.54, 1.807) is 49.5 Å². The van der Waals surface area contributed by atoms with Gasteiger partial charge in [0.2, 0.25) is 0 Å². The van der Waals surface area contributed by atoms with Crippen molar-refractivity contribution in [1.29, 1.82) is 0 Å². The van der Waals surface area contributed by atoms with E-state index in [1.807, 2.05) is 25.1 Å². The number of thiazole rings is 1. The number of amides is 1. The zero-order valence-corrected chi connectivity index (χ0v) is 17.9. The Balaban J connectivity index is 1.34. The van der Waals surface area contributed by atoms with Crippen LogP contribution in [0.2, 0.25) is 0 Å². The summed E-state index contributed by atoms with van der Waals surface area (Å²) < 4.78 is 12.9. The number of rotatable bonds is 7. The largest absolute Gasteiger partial charge is 0.487 e. The van der Waals surface area contributed by atoms with Crippen LogP contribution >= 0.6 is 11.3 Å². The van der Waals surface area contributed by atoms with E-state index in [2.05, 4.69) is 10.3 Å². The molecule has 0 spiro atoms. The Labute approximate surface area is 182 Å². The maximum Gasteiger partial charge on any atom is 0.265 e. The predicted molar refractivity (Wildman–Crippen MR) is 120 cm³/mol. The molecule has 0 bridgehead atoms. The summed E-state index contributed by atoms with van der Waals surface area (Å²) in [7, 11) is 0. The molecule has 0 saturated heterocycles. The fourth-order valence-electron chi connectivity index (χ4n) is 2.92. The number of hydrogen-bond donors (Lipinski definition) is 1. The third-order valence-electron chi connectivity index (χ3n) is 4.47. The fourth-order valence-corrected chi connectivity index (χ4v) is 3.77. The number of ether oxygens (including phenoxy) is 2. The molecular formula is C23H21N3O4S. The topological polar surface area (TPSA) is 81.9 Å². The van der Waals surface area contributed by atoms with Crippen LogP contribution in [-0.2, 0) is 11.4 Å². The van der Waals surface area contributed by atoms with E-state index in [0.717, 1.165) is 4.88 Å². The number of carbonyl (C=O) groups excluding carboxylic acids is 1. The van der Waals surface area contributed by atoms with Crippen LogP contribution < -0.4 is 20.3 Å². The third kappa shape index (κ3) is 5.10. The van der Waals surface area contributed by atoms with E-state index in [0.29, 0.717) is 27.8 Å². The molecule has 0 aliphatic heterocycles. The quantitative estimate of drug-likeness (QED) is 0.474. The number of fused-ring (bicyclic) bond motifs is 1. The molecule has 31 heavy (non-hydrogen) atoms. The lowest BCUT2D eigenvalue weighted by molar-refractivity contribution is -0.122. The first-order valence-corrected chi connectivity index (χ1v) is 10.5. The number of nitrogens with one attached hydrogen (secondary N) is 1. The van der Waals surface area contributed by atoms with Gasteiger partial charge in [0.1, 0.15) is 18.1 Å². The minimum Gasteiger partial charge on any atom is -0.487 e. The van der Waals surface area contributed by atoms with E-state index in [9.17, 15) is 9.59 Å². The van der Waals surface area contributed by atoms with Crippen molar-refractivity contribution in [3.8, 4) is 11.5 Å². The van der Waals surface area contributed by atoms with Gasteiger partial charge in [0.05, 0.1) is 5.69 Å². The Hall–Kier alpha value is -3.65. The molecule has 4 aromatic rings. The van der Waals surface area contributed by atoms with Gasteiger partial charge in [-0.1, -0.05) is 18.2 Å². The fraction of sp³-hybridized carbons (Fsp3) is 0.174. The highest BCUT2D eigenvalue weighted by Gasteiger charge is 2.15. The second-order valence-corrected chi connectivity index (χ2v) is 8.17. The van der Waals surface area contributed by atoms with Crippen LogP contribution in [0.25, 0.3) is 4.96 Å². The third-order valence-corrected chi connectivity index (χ3v) is 5.37. The van der Waals surface area contributed by atoms with Crippen molar-refractivity contribution in [3.63, 3.8) is 0 Å². The lowest BCUT2D eigenvalue weighted by Crippen LogP contribution is -2.30. The van der Waals surface area contributed by atoms with E-state index in [1.165, 1.54) is 21.8 Å². The van der Waals surface area contributed by atoms with Gasteiger partial charge in [-0.2, -0.15) is 0 Å². The molecule has 0 aliphatic rings. The number of hydrogen-bond acceptors (Lipinski definition) is 6. The summed E-state index contributed by atoms with van der Waals surface area (Å²) in [5.74, 6) is 0.996. The highest BCUT2D eigenvalue weighted by molar-refractivity contribution is 7.16. The predicted octanol–water partition coefficient (Wildman–Crippen LogP) is 4.05. The van der Waals surface area contributed by atoms with Crippen molar-refractivity contribution >= 4 is 27.9 Å². The average molecular weight is 436 g/mol. The van der Waals surface area contributed by atoms with Crippen molar-refractivity contribution in [3.05, 3.63) is 87.8 Å². The van der Waals surface area contributed by atoms with Crippen LogP contribution in [0.4, 0.5) is 5.69 Å². The van der Waals surface area contributed by atoms with Gasteiger partial charge in [-0.25, -0.2) is 4.98 Å².